The van der Waals surface area contributed by atoms with E-state index in [1.807, 2.05) is 30.3 Å². The van der Waals surface area contributed by atoms with Gasteiger partial charge in [-0.25, -0.2) is 4.39 Å². The number of carbonyl (C=O) groups excluding carboxylic acids is 2. The van der Waals surface area contributed by atoms with Crippen molar-refractivity contribution in [1.82, 2.24) is 20.0 Å². The first-order chi connectivity index (χ1) is 21.4. The van der Waals surface area contributed by atoms with Crippen LogP contribution in [-0.2, 0) is 11.3 Å². The largest absolute Gasteiger partial charge is 0.497 e. The molecule has 1 aromatic heterocycles. The second-order valence-electron chi connectivity index (χ2n) is 10.2. The van der Waals surface area contributed by atoms with E-state index in [9.17, 15) is 14.0 Å². The highest BCUT2D eigenvalue weighted by molar-refractivity contribution is 5.96. The molecule has 0 bridgehead atoms. The van der Waals surface area contributed by atoms with Crippen LogP contribution in [0.5, 0.6) is 17.2 Å². The van der Waals surface area contributed by atoms with Crippen LogP contribution in [0.3, 0.4) is 0 Å². The molecule has 11 heteroatoms. The van der Waals surface area contributed by atoms with Crippen molar-refractivity contribution in [1.29, 1.82) is 0 Å². The Morgan fingerprint density at radius 1 is 0.818 bits per heavy atom. The highest BCUT2D eigenvalue weighted by atomic mass is 19.1. The Labute approximate surface area is 255 Å². The van der Waals surface area contributed by atoms with Gasteiger partial charge in [0.1, 0.15) is 18.1 Å². The summed E-state index contributed by atoms with van der Waals surface area (Å²) in [5.41, 5.74) is 2.67. The molecule has 4 aromatic rings. The number of nitrogens with zero attached hydrogens (tertiary/aromatic N) is 5. The number of carbonyl (C=O) groups is 2. The number of hydrogen-bond acceptors (Lipinski definition) is 8. The Balaban J connectivity index is 1.23. The third-order valence-corrected chi connectivity index (χ3v) is 7.50. The summed E-state index contributed by atoms with van der Waals surface area (Å²) in [6.45, 7) is 2.11. The normalized spacial score (nSPS) is 12.9. The van der Waals surface area contributed by atoms with E-state index in [1.54, 1.807) is 55.5 Å². The van der Waals surface area contributed by atoms with Gasteiger partial charge in [-0.3, -0.25) is 9.59 Å². The van der Waals surface area contributed by atoms with Crippen LogP contribution in [-0.4, -0.2) is 85.9 Å². The maximum absolute atomic E-state index is 13.5. The van der Waals surface area contributed by atoms with E-state index in [0.29, 0.717) is 60.5 Å². The summed E-state index contributed by atoms with van der Waals surface area (Å²) in [5.74, 6) is 1.65. The molecule has 228 valence electrons. The Morgan fingerprint density at radius 3 is 2.23 bits per heavy atom. The van der Waals surface area contributed by atoms with Crippen molar-refractivity contribution in [3.05, 3.63) is 95.8 Å². The van der Waals surface area contributed by atoms with Gasteiger partial charge < -0.3 is 28.9 Å². The SMILES string of the molecule is COc1cccc(C(=O)N(CC(=O)N2CCN(c3ccc(-c4ccc(OC)c(OC)c4)nn3)CC2)Cc2ccc(F)cc2)c1. The quantitative estimate of drug-likeness (QED) is 0.266. The lowest BCUT2D eigenvalue weighted by molar-refractivity contribution is -0.132. The van der Waals surface area contributed by atoms with Crippen molar-refractivity contribution >= 4 is 17.6 Å². The van der Waals surface area contributed by atoms with Gasteiger partial charge in [0.25, 0.3) is 5.91 Å². The topological polar surface area (TPSA) is 97.3 Å². The number of aromatic nitrogens is 2. The van der Waals surface area contributed by atoms with E-state index in [0.717, 1.165) is 11.1 Å². The first kappa shape index (κ1) is 30.3. The predicted octanol–water partition coefficient (Wildman–Crippen LogP) is 4.30. The molecule has 1 aliphatic rings. The Kier molecular flexibility index (Phi) is 9.53. The molecule has 0 N–H and O–H groups in total. The summed E-state index contributed by atoms with van der Waals surface area (Å²) in [6, 6.07) is 22.1. The average molecular weight is 600 g/mol. The Hall–Kier alpha value is -5.19. The first-order valence-electron chi connectivity index (χ1n) is 14.1. The fraction of sp³-hybridized carbons (Fsp3) is 0.273. The molecule has 2 amide bonds. The summed E-state index contributed by atoms with van der Waals surface area (Å²) in [4.78, 5) is 32.3. The number of halogens is 1. The number of methoxy groups -OCH3 is 3. The third-order valence-electron chi connectivity index (χ3n) is 7.50. The van der Waals surface area contributed by atoms with Crippen LogP contribution in [0.15, 0.2) is 78.9 Å². The van der Waals surface area contributed by atoms with E-state index < -0.39 is 0 Å². The minimum absolute atomic E-state index is 0.118. The summed E-state index contributed by atoms with van der Waals surface area (Å²) in [7, 11) is 4.70. The Morgan fingerprint density at radius 2 is 1.57 bits per heavy atom. The van der Waals surface area contributed by atoms with Crippen LogP contribution >= 0.6 is 0 Å². The molecule has 0 unspecified atom stereocenters. The molecule has 0 spiro atoms. The van der Waals surface area contributed by atoms with Gasteiger partial charge in [0, 0.05) is 43.9 Å². The zero-order chi connectivity index (χ0) is 31.1. The molecule has 0 atom stereocenters. The number of ether oxygens (including phenoxy) is 3. The molecule has 10 nitrogen and oxygen atoms in total. The zero-order valence-electron chi connectivity index (χ0n) is 24.9. The fourth-order valence-corrected chi connectivity index (χ4v) is 5.04. The summed E-state index contributed by atoms with van der Waals surface area (Å²) in [6.07, 6.45) is 0. The van der Waals surface area contributed by atoms with Gasteiger partial charge in [0.2, 0.25) is 5.91 Å². The molecule has 0 saturated carbocycles. The number of rotatable bonds is 10. The van der Waals surface area contributed by atoms with Crippen molar-refractivity contribution in [2.45, 2.75) is 6.54 Å². The number of hydrogen-bond donors (Lipinski definition) is 0. The molecular weight excluding hydrogens is 565 g/mol. The number of piperazine rings is 1. The minimum atomic E-state index is -0.367. The van der Waals surface area contributed by atoms with Crippen LogP contribution in [0.1, 0.15) is 15.9 Å². The minimum Gasteiger partial charge on any atom is -0.497 e. The van der Waals surface area contributed by atoms with Gasteiger partial charge in [-0.1, -0.05) is 18.2 Å². The van der Waals surface area contributed by atoms with Gasteiger partial charge in [-0.2, -0.15) is 0 Å². The number of amides is 2. The second-order valence-corrected chi connectivity index (χ2v) is 10.2. The van der Waals surface area contributed by atoms with Gasteiger partial charge in [0.05, 0.1) is 27.0 Å². The highest BCUT2D eigenvalue weighted by Crippen LogP contribution is 2.31. The van der Waals surface area contributed by atoms with E-state index in [4.69, 9.17) is 14.2 Å². The van der Waals surface area contributed by atoms with E-state index in [2.05, 4.69) is 15.1 Å². The van der Waals surface area contributed by atoms with Gasteiger partial charge in [-0.05, 0) is 66.2 Å². The van der Waals surface area contributed by atoms with Crippen LogP contribution < -0.4 is 19.1 Å². The molecule has 44 heavy (non-hydrogen) atoms. The van der Waals surface area contributed by atoms with Crippen molar-refractivity contribution in [2.75, 3.05) is 59.0 Å². The molecule has 1 fully saturated rings. The summed E-state index contributed by atoms with van der Waals surface area (Å²) in [5, 5.41) is 8.84. The van der Waals surface area contributed by atoms with Gasteiger partial charge in [0.15, 0.2) is 17.3 Å². The smallest absolute Gasteiger partial charge is 0.254 e. The molecule has 1 aliphatic heterocycles. The van der Waals surface area contributed by atoms with E-state index in [1.165, 1.54) is 24.1 Å². The van der Waals surface area contributed by atoms with Crippen LogP contribution in [0.2, 0.25) is 0 Å². The lowest BCUT2D eigenvalue weighted by Gasteiger charge is -2.36. The summed E-state index contributed by atoms with van der Waals surface area (Å²) >= 11 is 0. The molecule has 5 rings (SSSR count). The second kappa shape index (κ2) is 13.9. The lowest BCUT2D eigenvalue weighted by Crippen LogP contribution is -2.52. The van der Waals surface area contributed by atoms with Crippen LogP contribution in [0.25, 0.3) is 11.3 Å². The fourth-order valence-electron chi connectivity index (χ4n) is 5.04. The maximum atomic E-state index is 13.5. The monoisotopic (exact) mass is 599 g/mol. The Bertz CT molecular complexity index is 1590. The molecule has 0 radical (unpaired) electrons. The first-order valence-corrected chi connectivity index (χ1v) is 14.1. The lowest BCUT2D eigenvalue weighted by atomic mass is 10.1. The maximum Gasteiger partial charge on any atom is 0.254 e. The molecule has 2 heterocycles. The molecule has 1 saturated heterocycles. The van der Waals surface area contributed by atoms with Crippen LogP contribution in [0.4, 0.5) is 10.2 Å². The van der Waals surface area contributed by atoms with Crippen molar-refractivity contribution < 1.29 is 28.2 Å². The number of anilines is 1. The molecular formula is C33H34FN5O5. The van der Waals surface area contributed by atoms with Crippen LogP contribution in [0, 0.1) is 5.82 Å². The number of benzene rings is 3. The van der Waals surface area contributed by atoms with Crippen molar-refractivity contribution in [3.63, 3.8) is 0 Å². The average Bonchev–Trinajstić information content (AvgIpc) is 3.08. The van der Waals surface area contributed by atoms with Crippen molar-refractivity contribution in [2.24, 2.45) is 0 Å². The predicted molar refractivity (Wildman–Crippen MR) is 163 cm³/mol. The molecule has 3 aromatic carbocycles. The molecule has 0 aliphatic carbocycles. The van der Waals surface area contributed by atoms with Crippen molar-refractivity contribution in [3.8, 4) is 28.5 Å². The van der Waals surface area contributed by atoms with Gasteiger partial charge >= 0.3 is 0 Å². The summed E-state index contributed by atoms with van der Waals surface area (Å²) < 4.78 is 29.5. The van der Waals surface area contributed by atoms with E-state index >= 15 is 0 Å². The zero-order valence-corrected chi connectivity index (χ0v) is 24.9. The highest BCUT2D eigenvalue weighted by Gasteiger charge is 2.26. The van der Waals surface area contributed by atoms with Gasteiger partial charge in [-0.15, -0.1) is 10.2 Å². The van der Waals surface area contributed by atoms with E-state index in [-0.39, 0.29) is 30.7 Å². The third kappa shape index (κ3) is 7.05. The standard InChI is InChI=1S/C33H34FN5O5/c1-42-27-6-4-5-25(19-27)33(41)39(21-23-7-10-26(34)11-8-23)22-32(40)38-17-15-37(16-18-38)31-14-12-28(35-36-31)24-9-13-29(43-2)30(20-24)44-3/h4-14,19-20H,15-18,21-22H2,1-3H3.